The molecule has 20 heavy (non-hydrogen) atoms. The van der Waals surface area contributed by atoms with E-state index in [1.54, 1.807) is 0 Å². The molecule has 2 aliphatic carbocycles. The molecule has 0 amide bonds. The summed E-state index contributed by atoms with van der Waals surface area (Å²) in [6.07, 6.45) is 8.01. The summed E-state index contributed by atoms with van der Waals surface area (Å²) < 4.78 is 0. The van der Waals surface area contributed by atoms with E-state index >= 15 is 0 Å². The Hall–Kier alpha value is -0.730. The lowest BCUT2D eigenvalue weighted by Crippen LogP contribution is -2.34. The highest BCUT2D eigenvalue weighted by molar-refractivity contribution is 6.33. The van der Waals surface area contributed by atoms with Crippen LogP contribution in [-0.2, 0) is 6.54 Å². The number of nitrogens with one attached hydrogen (secondary N) is 1. The fraction of sp³-hybridized carbons (Fsp3) is 0.647. The lowest BCUT2D eigenvalue weighted by atomic mass is 10.1. The molecular formula is C17H25ClN2. The zero-order valence-corrected chi connectivity index (χ0v) is 13.1. The Balaban J connectivity index is 1.83. The van der Waals surface area contributed by atoms with Gasteiger partial charge in [0.05, 0.1) is 10.7 Å². The number of para-hydroxylation sites is 1. The second-order valence-corrected chi connectivity index (χ2v) is 6.53. The van der Waals surface area contributed by atoms with Crippen molar-refractivity contribution in [2.75, 3.05) is 11.4 Å². The van der Waals surface area contributed by atoms with Crippen LogP contribution >= 0.6 is 11.6 Å². The van der Waals surface area contributed by atoms with Crippen LogP contribution in [-0.4, -0.2) is 18.6 Å². The van der Waals surface area contributed by atoms with Crippen LogP contribution in [0.1, 0.15) is 51.0 Å². The Labute approximate surface area is 127 Å². The molecule has 0 bridgehead atoms. The van der Waals surface area contributed by atoms with Crippen LogP contribution in [0, 0.1) is 0 Å². The molecule has 3 heteroatoms. The first kappa shape index (κ1) is 14.2. The van der Waals surface area contributed by atoms with Crippen LogP contribution in [0.25, 0.3) is 0 Å². The average molecular weight is 293 g/mol. The first-order chi connectivity index (χ1) is 9.79. The van der Waals surface area contributed by atoms with Gasteiger partial charge in [0.2, 0.25) is 0 Å². The first-order valence-electron chi connectivity index (χ1n) is 8.07. The number of anilines is 1. The fourth-order valence-corrected chi connectivity index (χ4v) is 3.68. The molecule has 1 N–H and O–H groups in total. The molecule has 3 rings (SSSR count). The summed E-state index contributed by atoms with van der Waals surface area (Å²) in [6.45, 7) is 4.24. The normalized spacial score (nSPS) is 19.5. The number of benzene rings is 1. The average Bonchev–Trinajstić information content (AvgIpc) is 3.13. The Kier molecular flexibility index (Phi) is 4.52. The van der Waals surface area contributed by atoms with Crippen molar-refractivity contribution in [3.63, 3.8) is 0 Å². The highest BCUT2D eigenvalue weighted by Gasteiger charge is 2.26. The maximum absolute atomic E-state index is 6.54. The summed E-state index contributed by atoms with van der Waals surface area (Å²) in [5.74, 6) is 0. The molecular weight excluding hydrogens is 268 g/mol. The lowest BCUT2D eigenvalue weighted by molar-refractivity contribution is 0.612. The predicted octanol–water partition coefficient (Wildman–Crippen LogP) is 4.36. The summed E-state index contributed by atoms with van der Waals surface area (Å²) in [6, 6.07) is 7.77. The van der Waals surface area contributed by atoms with Crippen molar-refractivity contribution < 1.29 is 0 Å². The number of nitrogens with zero attached hydrogens (tertiary/aromatic N) is 1. The smallest absolute Gasteiger partial charge is 0.0643 e. The van der Waals surface area contributed by atoms with Gasteiger partial charge in [-0.15, -0.1) is 0 Å². The Morgan fingerprint density at radius 2 is 1.95 bits per heavy atom. The Morgan fingerprint density at radius 1 is 1.20 bits per heavy atom. The molecule has 2 nitrogen and oxygen atoms in total. The van der Waals surface area contributed by atoms with Crippen LogP contribution in [0.3, 0.4) is 0 Å². The number of hydrogen-bond donors (Lipinski definition) is 1. The van der Waals surface area contributed by atoms with Crippen LogP contribution in [0.15, 0.2) is 18.2 Å². The summed E-state index contributed by atoms with van der Waals surface area (Å²) in [7, 11) is 0. The van der Waals surface area contributed by atoms with E-state index in [0.717, 1.165) is 24.2 Å². The van der Waals surface area contributed by atoms with Crippen molar-refractivity contribution >= 4 is 17.3 Å². The lowest BCUT2D eigenvalue weighted by Gasteiger charge is -2.32. The van der Waals surface area contributed by atoms with Crippen LogP contribution in [0.5, 0.6) is 0 Å². The minimum absolute atomic E-state index is 0.680. The molecule has 0 radical (unpaired) electrons. The number of halogens is 1. The molecule has 2 saturated carbocycles. The zero-order valence-electron chi connectivity index (χ0n) is 12.4. The van der Waals surface area contributed by atoms with Crippen LogP contribution < -0.4 is 10.2 Å². The summed E-state index contributed by atoms with van der Waals surface area (Å²) in [4.78, 5) is 2.54. The highest BCUT2D eigenvalue weighted by Crippen LogP contribution is 2.35. The van der Waals surface area contributed by atoms with E-state index in [0.29, 0.717) is 6.04 Å². The summed E-state index contributed by atoms with van der Waals surface area (Å²) >= 11 is 6.54. The van der Waals surface area contributed by atoms with Crippen molar-refractivity contribution in [1.82, 2.24) is 5.32 Å². The summed E-state index contributed by atoms with van der Waals surface area (Å²) in [5.41, 5.74) is 2.63. The Bertz CT molecular complexity index is 450. The van der Waals surface area contributed by atoms with Gasteiger partial charge in [0.15, 0.2) is 0 Å². The third kappa shape index (κ3) is 3.12. The van der Waals surface area contributed by atoms with Gasteiger partial charge in [0.1, 0.15) is 0 Å². The minimum Gasteiger partial charge on any atom is -0.367 e. The van der Waals surface area contributed by atoms with Gasteiger partial charge in [-0.1, -0.05) is 36.6 Å². The maximum Gasteiger partial charge on any atom is 0.0643 e. The SMILES string of the molecule is CCN(c1c(Cl)cccc1CNC1CC1)C1CCCC1. The van der Waals surface area contributed by atoms with E-state index in [1.807, 2.05) is 6.07 Å². The third-order valence-electron chi connectivity index (χ3n) is 4.62. The van der Waals surface area contributed by atoms with E-state index in [9.17, 15) is 0 Å². The summed E-state index contributed by atoms with van der Waals surface area (Å²) in [5, 5.41) is 4.54. The van der Waals surface area contributed by atoms with Crippen LogP contribution in [0.4, 0.5) is 5.69 Å². The quantitative estimate of drug-likeness (QED) is 0.838. The molecule has 0 aromatic heterocycles. The van der Waals surface area contributed by atoms with Gasteiger partial charge in [-0.3, -0.25) is 0 Å². The van der Waals surface area contributed by atoms with Crippen molar-refractivity contribution in [2.24, 2.45) is 0 Å². The van der Waals surface area contributed by atoms with Gasteiger partial charge in [-0.25, -0.2) is 0 Å². The van der Waals surface area contributed by atoms with Gasteiger partial charge in [-0.05, 0) is 44.2 Å². The maximum atomic E-state index is 6.54. The Morgan fingerprint density at radius 3 is 2.60 bits per heavy atom. The van der Waals surface area contributed by atoms with Crippen molar-refractivity contribution in [1.29, 1.82) is 0 Å². The van der Waals surface area contributed by atoms with Gasteiger partial charge in [0, 0.05) is 25.2 Å². The molecule has 0 saturated heterocycles. The molecule has 0 unspecified atom stereocenters. The van der Waals surface area contributed by atoms with E-state index in [4.69, 9.17) is 11.6 Å². The van der Waals surface area contributed by atoms with Gasteiger partial charge >= 0.3 is 0 Å². The molecule has 110 valence electrons. The molecule has 0 spiro atoms. The molecule has 0 aliphatic heterocycles. The van der Waals surface area contributed by atoms with Gasteiger partial charge in [-0.2, -0.15) is 0 Å². The predicted molar refractivity (Wildman–Crippen MR) is 86.6 cm³/mol. The topological polar surface area (TPSA) is 15.3 Å². The van der Waals surface area contributed by atoms with Crippen molar-refractivity contribution in [3.05, 3.63) is 28.8 Å². The minimum atomic E-state index is 0.680. The standard InChI is InChI=1S/C17H25ClN2/c1-2-20(15-7-3-4-8-15)17-13(6-5-9-16(17)18)12-19-14-10-11-14/h5-6,9,14-15,19H,2-4,7-8,10-12H2,1H3. The van der Waals surface area contributed by atoms with Gasteiger partial charge in [0.25, 0.3) is 0 Å². The molecule has 2 aliphatic rings. The monoisotopic (exact) mass is 292 g/mol. The second-order valence-electron chi connectivity index (χ2n) is 6.13. The van der Waals surface area contributed by atoms with E-state index in [-0.39, 0.29) is 0 Å². The molecule has 1 aromatic rings. The number of hydrogen-bond acceptors (Lipinski definition) is 2. The molecule has 2 fully saturated rings. The van der Waals surface area contributed by atoms with Crippen LogP contribution in [0.2, 0.25) is 5.02 Å². The largest absolute Gasteiger partial charge is 0.367 e. The van der Waals surface area contributed by atoms with Crippen molar-refractivity contribution in [3.8, 4) is 0 Å². The third-order valence-corrected chi connectivity index (χ3v) is 4.93. The first-order valence-corrected chi connectivity index (χ1v) is 8.44. The van der Waals surface area contributed by atoms with E-state index < -0.39 is 0 Å². The fourth-order valence-electron chi connectivity index (χ4n) is 3.38. The molecule has 0 heterocycles. The molecule has 1 aromatic carbocycles. The van der Waals surface area contributed by atoms with E-state index in [2.05, 4.69) is 29.3 Å². The van der Waals surface area contributed by atoms with Gasteiger partial charge < -0.3 is 10.2 Å². The van der Waals surface area contributed by atoms with E-state index in [1.165, 1.54) is 49.8 Å². The number of rotatable bonds is 6. The second kappa shape index (κ2) is 6.36. The zero-order chi connectivity index (χ0) is 13.9. The highest BCUT2D eigenvalue weighted by atomic mass is 35.5. The van der Waals surface area contributed by atoms with Crippen molar-refractivity contribution in [2.45, 2.75) is 64.1 Å². The molecule has 0 atom stereocenters.